The van der Waals surface area contributed by atoms with Crippen LogP contribution in [0.15, 0.2) is 15.6 Å². The summed E-state index contributed by atoms with van der Waals surface area (Å²) in [7, 11) is 0. The van der Waals surface area contributed by atoms with Gasteiger partial charge in [0.2, 0.25) is 0 Å². The SMILES string of the molecule is CC1(CN)CCN(c2nc[nH]c(=O)c2Br)CC1. The Hall–Kier alpha value is -0.880. The summed E-state index contributed by atoms with van der Waals surface area (Å²) in [6, 6.07) is 0. The quantitative estimate of drug-likeness (QED) is 0.857. The normalized spacial score (nSPS) is 19.4. The molecule has 0 unspecified atom stereocenters. The first-order chi connectivity index (χ1) is 8.06. The van der Waals surface area contributed by atoms with E-state index in [0.717, 1.165) is 31.7 Å². The molecule has 1 aromatic heterocycles. The number of hydrogen-bond acceptors (Lipinski definition) is 4. The monoisotopic (exact) mass is 300 g/mol. The Bertz CT molecular complexity index is 451. The van der Waals surface area contributed by atoms with Crippen molar-refractivity contribution >= 4 is 21.7 Å². The summed E-state index contributed by atoms with van der Waals surface area (Å²) in [6.45, 7) is 4.71. The van der Waals surface area contributed by atoms with Crippen molar-refractivity contribution in [2.75, 3.05) is 24.5 Å². The minimum atomic E-state index is -0.137. The summed E-state index contributed by atoms with van der Waals surface area (Å²) >= 11 is 3.29. The predicted molar refractivity (Wildman–Crippen MR) is 71.2 cm³/mol. The van der Waals surface area contributed by atoms with Crippen LogP contribution in [-0.4, -0.2) is 29.6 Å². The van der Waals surface area contributed by atoms with Gasteiger partial charge in [0.25, 0.3) is 5.56 Å². The minimum Gasteiger partial charge on any atom is -0.355 e. The molecule has 0 aromatic carbocycles. The number of rotatable bonds is 2. The van der Waals surface area contributed by atoms with Gasteiger partial charge in [0, 0.05) is 13.1 Å². The van der Waals surface area contributed by atoms with Gasteiger partial charge in [0.1, 0.15) is 10.3 Å². The number of H-pyrrole nitrogens is 1. The molecule has 0 amide bonds. The second-order valence-corrected chi connectivity index (χ2v) is 5.66. The van der Waals surface area contributed by atoms with Crippen molar-refractivity contribution in [1.29, 1.82) is 0 Å². The summed E-state index contributed by atoms with van der Waals surface area (Å²) in [5, 5.41) is 0. The number of aromatic amines is 1. The topological polar surface area (TPSA) is 75.0 Å². The second kappa shape index (κ2) is 4.78. The number of nitrogens with one attached hydrogen (secondary N) is 1. The lowest BCUT2D eigenvalue weighted by molar-refractivity contribution is 0.257. The van der Waals surface area contributed by atoms with E-state index in [1.807, 2.05) is 0 Å². The molecule has 1 saturated heterocycles. The average molecular weight is 301 g/mol. The largest absolute Gasteiger partial charge is 0.355 e. The first-order valence-electron chi connectivity index (χ1n) is 5.74. The Morgan fingerprint density at radius 3 is 2.82 bits per heavy atom. The molecule has 0 radical (unpaired) electrons. The second-order valence-electron chi connectivity index (χ2n) is 4.87. The van der Waals surface area contributed by atoms with Crippen LogP contribution in [0, 0.1) is 5.41 Å². The minimum absolute atomic E-state index is 0.137. The van der Waals surface area contributed by atoms with Crippen molar-refractivity contribution in [3.8, 4) is 0 Å². The van der Waals surface area contributed by atoms with E-state index >= 15 is 0 Å². The fourth-order valence-corrected chi connectivity index (χ4v) is 2.52. The van der Waals surface area contributed by atoms with Crippen LogP contribution < -0.4 is 16.2 Å². The highest BCUT2D eigenvalue weighted by Gasteiger charge is 2.30. The van der Waals surface area contributed by atoms with E-state index in [9.17, 15) is 4.79 Å². The summed E-state index contributed by atoms with van der Waals surface area (Å²) in [5.41, 5.74) is 5.87. The zero-order chi connectivity index (χ0) is 12.5. The number of piperidine rings is 1. The van der Waals surface area contributed by atoms with Crippen molar-refractivity contribution in [2.24, 2.45) is 11.1 Å². The highest BCUT2D eigenvalue weighted by atomic mass is 79.9. The van der Waals surface area contributed by atoms with Gasteiger partial charge in [-0.2, -0.15) is 0 Å². The van der Waals surface area contributed by atoms with Crippen molar-refractivity contribution < 1.29 is 0 Å². The van der Waals surface area contributed by atoms with Gasteiger partial charge in [-0.1, -0.05) is 6.92 Å². The van der Waals surface area contributed by atoms with Crippen molar-refractivity contribution in [1.82, 2.24) is 9.97 Å². The average Bonchev–Trinajstić information content (AvgIpc) is 2.34. The van der Waals surface area contributed by atoms with Crippen LogP contribution in [0.25, 0.3) is 0 Å². The predicted octanol–water partition coefficient (Wildman–Crippen LogP) is 1.10. The number of nitrogens with two attached hydrogens (primary N) is 1. The van der Waals surface area contributed by atoms with E-state index in [-0.39, 0.29) is 11.0 Å². The van der Waals surface area contributed by atoms with Crippen LogP contribution in [0.5, 0.6) is 0 Å². The van der Waals surface area contributed by atoms with Crippen molar-refractivity contribution in [3.63, 3.8) is 0 Å². The third kappa shape index (κ3) is 2.52. The Morgan fingerprint density at radius 2 is 2.24 bits per heavy atom. The zero-order valence-electron chi connectivity index (χ0n) is 9.87. The maximum atomic E-state index is 11.5. The molecular formula is C11H17BrN4O. The zero-order valence-corrected chi connectivity index (χ0v) is 11.5. The number of hydrogen-bond donors (Lipinski definition) is 2. The molecule has 0 atom stereocenters. The highest BCUT2D eigenvalue weighted by molar-refractivity contribution is 9.10. The van der Waals surface area contributed by atoms with E-state index in [2.05, 4.69) is 37.7 Å². The van der Waals surface area contributed by atoms with Gasteiger partial charge in [0.15, 0.2) is 0 Å². The van der Waals surface area contributed by atoms with Crippen LogP contribution in [0.1, 0.15) is 19.8 Å². The summed E-state index contributed by atoms with van der Waals surface area (Å²) in [4.78, 5) is 20.4. The lowest BCUT2D eigenvalue weighted by atomic mass is 9.80. The molecule has 2 rings (SSSR count). The molecule has 0 saturated carbocycles. The Labute approximate surface area is 109 Å². The van der Waals surface area contributed by atoms with E-state index in [1.165, 1.54) is 6.33 Å². The number of aromatic nitrogens is 2. The molecule has 17 heavy (non-hydrogen) atoms. The fourth-order valence-electron chi connectivity index (χ4n) is 2.06. The molecule has 3 N–H and O–H groups in total. The Kier molecular flexibility index (Phi) is 3.53. The lowest BCUT2D eigenvalue weighted by Crippen LogP contribution is -2.43. The third-order valence-electron chi connectivity index (χ3n) is 3.54. The summed E-state index contributed by atoms with van der Waals surface area (Å²) in [5.74, 6) is 0.729. The number of anilines is 1. The smallest absolute Gasteiger partial charge is 0.267 e. The molecule has 5 nitrogen and oxygen atoms in total. The Morgan fingerprint density at radius 1 is 1.59 bits per heavy atom. The molecule has 1 fully saturated rings. The Balaban J connectivity index is 2.16. The maximum absolute atomic E-state index is 11.5. The maximum Gasteiger partial charge on any atom is 0.267 e. The molecule has 6 heteroatoms. The molecule has 2 heterocycles. The first-order valence-corrected chi connectivity index (χ1v) is 6.53. The molecule has 1 aliphatic heterocycles. The van der Waals surface area contributed by atoms with Gasteiger partial charge in [0.05, 0.1) is 6.33 Å². The van der Waals surface area contributed by atoms with E-state index < -0.39 is 0 Å². The van der Waals surface area contributed by atoms with E-state index in [1.54, 1.807) is 0 Å². The van der Waals surface area contributed by atoms with Crippen LogP contribution >= 0.6 is 15.9 Å². The van der Waals surface area contributed by atoms with Crippen molar-refractivity contribution in [3.05, 3.63) is 21.2 Å². The first kappa shape index (κ1) is 12.6. The summed E-state index contributed by atoms with van der Waals surface area (Å²) in [6.07, 6.45) is 3.51. The molecule has 94 valence electrons. The van der Waals surface area contributed by atoms with Gasteiger partial charge in [-0.3, -0.25) is 4.79 Å². The van der Waals surface area contributed by atoms with Gasteiger partial charge in [-0.15, -0.1) is 0 Å². The van der Waals surface area contributed by atoms with Gasteiger partial charge < -0.3 is 15.6 Å². The molecular weight excluding hydrogens is 284 g/mol. The third-order valence-corrected chi connectivity index (χ3v) is 4.26. The van der Waals surface area contributed by atoms with Gasteiger partial charge in [-0.25, -0.2) is 4.98 Å². The summed E-state index contributed by atoms with van der Waals surface area (Å²) < 4.78 is 0.511. The molecule has 1 aromatic rings. The number of nitrogens with zero attached hydrogens (tertiary/aromatic N) is 2. The van der Waals surface area contributed by atoms with E-state index in [0.29, 0.717) is 11.0 Å². The van der Waals surface area contributed by atoms with Crippen LogP contribution in [0.4, 0.5) is 5.82 Å². The highest BCUT2D eigenvalue weighted by Crippen LogP contribution is 2.32. The van der Waals surface area contributed by atoms with Crippen LogP contribution in [-0.2, 0) is 0 Å². The standard InChI is InChI=1S/C11H17BrN4O/c1-11(6-13)2-4-16(5-3-11)9-8(12)10(17)15-7-14-9/h7H,2-6,13H2,1H3,(H,14,15,17). The van der Waals surface area contributed by atoms with Crippen LogP contribution in [0.3, 0.4) is 0 Å². The fraction of sp³-hybridized carbons (Fsp3) is 0.636. The van der Waals surface area contributed by atoms with Gasteiger partial charge >= 0.3 is 0 Å². The van der Waals surface area contributed by atoms with Crippen LogP contribution in [0.2, 0.25) is 0 Å². The molecule has 1 aliphatic rings. The van der Waals surface area contributed by atoms with Crippen molar-refractivity contribution in [2.45, 2.75) is 19.8 Å². The molecule has 0 aliphatic carbocycles. The lowest BCUT2D eigenvalue weighted by Gasteiger charge is -2.39. The van der Waals surface area contributed by atoms with E-state index in [4.69, 9.17) is 5.73 Å². The molecule has 0 bridgehead atoms. The van der Waals surface area contributed by atoms with Gasteiger partial charge in [-0.05, 0) is 40.7 Å². The number of halogens is 1. The molecule has 0 spiro atoms.